The Kier molecular flexibility index (Phi) is 4.79. The third-order valence-electron chi connectivity index (χ3n) is 2.97. The van der Waals surface area contributed by atoms with E-state index in [0.717, 1.165) is 15.7 Å². The number of nitrogens with zero attached hydrogens (tertiary/aromatic N) is 1. The van der Waals surface area contributed by atoms with E-state index in [0.29, 0.717) is 12.1 Å². The van der Waals surface area contributed by atoms with Crippen LogP contribution in [0.5, 0.6) is 0 Å². The first-order valence-corrected chi connectivity index (χ1v) is 7.16. The van der Waals surface area contributed by atoms with Crippen LogP contribution in [0.15, 0.2) is 53.0 Å². The van der Waals surface area contributed by atoms with Crippen LogP contribution in [-0.2, 0) is 6.54 Å². The molecule has 0 aliphatic carbocycles. The summed E-state index contributed by atoms with van der Waals surface area (Å²) in [6.45, 7) is 0.514. The lowest BCUT2D eigenvalue weighted by Crippen LogP contribution is -2.25. The van der Waals surface area contributed by atoms with Crippen molar-refractivity contribution >= 4 is 27.5 Å². The number of hydrogen-bond acceptors (Lipinski definition) is 2. The minimum absolute atomic E-state index is 0.0609. The minimum atomic E-state index is -0.0609. The van der Waals surface area contributed by atoms with E-state index in [4.69, 9.17) is 0 Å². The van der Waals surface area contributed by atoms with Crippen LogP contribution < -0.4 is 10.2 Å². The zero-order valence-corrected chi connectivity index (χ0v) is 13.1. The Morgan fingerprint density at radius 1 is 1.15 bits per heavy atom. The molecule has 0 aliphatic heterocycles. The van der Waals surface area contributed by atoms with Crippen molar-refractivity contribution in [1.29, 1.82) is 0 Å². The number of halogens is 1. The fourth-order valence-electron chi connectivity index (χ4n) is 1.98. The molecule has 0 aliphatic rings. The maximum absolute atomic E-state index is 12.3. The summed E-state index contributed by atoms with van der Waals surface area (Å²) >= 11 is 3.43. The van der Waals surface area contributed by atoms with Gasteiger partial charge in [0, 0.05) is 30.8 Å². The first-order valence-electron chi connectivity index (χ1n) is 6.37. The summed E-state index contributed by atoms with van der Waals surface area (Å²) in [7, 11) is 3.86. The number of para-hydroxylation sites is 1. The maximum atomic E-state index is 12.3. The highest BCUT2D eigenvalue weighted by Gasteiger charge is 2.11. The molecule has 104 valence electrons. The summed E-state index contributed by atoms with van der Waals surface area (Å²) in [6, 6.07) is 15.5. The average molecular weight is 333 g/mol. The van der Waals surface area contributed by atoms with Gasteiger partial charge in [0.1, 0.15) is 0 Å². The fraction of sp³-hybridized carbons (Fsp3) is 0.188. The van der Waals surface area contributed by atoms with Crippen molar-refractivity contribution in [2.75, 3.05) is 19.0 Å². The van der Waals surface area contributed by atoms with E-state index in [2.05, 4.69) is 21.2 Å². The zero-order chi connectivity index (χ0) is 14.5. The van der Waals surface area contributed by atoms with E-state index in [1.807, 2.05) is 67.5 Å². The molecule has 0 unspecified atom stereocenters. The van der Waals surface area contributed by atoms with Crippen molar-refractivity contribution in [2.45, 2.75) is 6.54 Å². The van der Waals surface area contributed by atoms with Crippen molar-refractivity contribution in [3.63, 3.8) is 0 Å². The molecule has 1 N–H and O–H groups in total. The zero-order valence-electron chi connectivity index (χ0n) is 11.6. The quantitative estimate of drug-likeness (QED) is 0.930. The number of amides is 1. The van der Waals surface area contributed by atoms with Crippen LogP contribution in [0.3, 0.4) is 0 Å². The van der Waals surface area contributed by atoms with Gasteiger partial charge in [0.05, 0.1) is 5.56 Å². The van der Waals surface area contributed by atoms with Crippen LogP contribution in [0.1, 0.15) is 15.9 Å². The Bertz CT molecular complexity index is 611. The minimum Gasteiger partial charge on any atom is -0.377 e. The second kappa shape index (κ2) is 6.57. The summed E-state index contributed by atoms with van der Waals surface area (Å²) in [6.07, 6.45) is 0. The van der Waals surface area contributed by atoms with Crippen molar-refractivity contribution in [3.05, 3.63) is 64.1 Å². The average Bonchev–Trinajstić information content (AvgIpc) is 2.45. The molecule has 1 amide bonds. The van der Waals surface area contributed by atoms with E-state index < -0.39 is 0 Å². The lowest BCUT2D eigenvalue weighted by atomic mass is 10.1. The molecule has 4 heteroatoms. The van der Waals surface area contributed by atoms with Crippen LogP contribution in [0.25, 0.3) is 0 Å². The Balaban J connectivity index is 2.09. The monoisotopic (exact) mass is 332 g/mol. The lowest BCUT2D eigenvalue weighted by molar-refractivity contribution is 0.0951. The molecule has 0 saturated carbocycles. The van der Waals surface area contributed by atoms with Gasteiger partial charge in [-0.15, -0.1) is 0 Å². The lowest BCUT2D eigenvalue weighted by Gasteiger charge is -2.17. The van der Waals surface area contributed by atoms with Gasteiger partial charge in [-0.1, -0.05) is 40.2 Å². The summed E-state index contributed by atoms with van der Waals surface area (Å²) < 4.78 is 1.01. The molecule has 0 fully saturated rings. The Morgan fingerprint density at radius 3 is 2.60 bits per heavy atom. The van der Waals surface area contributed by atoms with Gasteiger partial charge >= 0.3 is 0 Å². The Hall–Kier alpha value is -1.81. The van der Waals surface area contributed by atoms with Crippen LogP contribution in [-0.4, -0.2) is 20.0 Å². The Morgan fingerprint density at radius 2 is 1.90 bits per heavy atom. The van der Waals surface area contributed by atoms with Gasteiger partial charge in [0.2, 0.25) is 0 Å². The largest absolute Gasteiger partial charge is 0.377 e. The molecule has 0 atom stereocenters. The molecule has 2 rings (SSSR count). The molecule has 3 nitrogen and oxygen atoms in total. The molecule has 2 aromatic carbocycles. The molecule has 20 heavy (non-hydrogen) atoms. The normalized spacial score (nSPS) is 10.2. The number of hydrogen-bond donors (Lipinski definition) is 1. The number of anilines is 1. The number of nitrogens with one attached hydrogen (secondary N) is 1. The van der Waals surface area contributed by atoms with Crippen LogP contribution >= 0.6 is 15.9 Å². The molecule has 0 spiro atoms. The second-order valence-electron chi connectivity index (χ2n) is 4.72. The van der Waals surface area contributed by atoms with Crippen molar-refractivity contribution in [2.24, 2.45) is 0 Å². The first-order chi connectivity index (χ1) is 9.58. The number of benzene rings is 2. The highest BCUT2D eigenvalue weighted by Crippen LogP contribution is 2.18. The van der Waals surface area contributed by atoms with E-state index in [1.54, 1.807) is 0 Å². The summed E-state index contributed by atoms with van der Waals surface area (Å²) in [4.78, 5) is 14.2. The van der Waals surface area contributed by atoms with E-state index >= 15 is 0 Å². The fourth-order valence-corrected chi connectivity index (χ4v) is 2.43. The number of carbonyl (C=O) groups excluding carboxylic acids is 1. The summed E-state index contributed by atoms with van der Waals surface area (Å²) in [5.41, 5.74) is 2.67. The smallest absolute Gasteiger partial charge is 0.253 e. The second-order valence-corrected chi connectivity index (χ2v) is 5.64. The van der Waals surface area contributed by atoms with E-state index in [1.165, 1.54) is 0 Å². The number of carbonyl (C=O) groups is 1. The van der Waals surface area contributed by atoms with E-state index in [9.17, 15) is 4.79 Å². The third kappa shape index (κ3) is 3.61. The molecule has 0 bridgehead atoms. The van der Waals surface area contributed by atoms with Gasteiger partial charge in [-0.2, -0.15) is 0 Å². The summed E-state index contributed by atoms with van der Waals surface area (Å²) in [5.74, 6) is -0.0609. The SMILES string of the molecule is CN(C)c1ccccc1C(=O)NCc1cccc(Br)c1. The van der Waals surface area contributed by atoms with Gasteiger partial charge in [-0.25, -0.2) is 0 Å². The molecular formula is C16H17BrN2O. The van der Waals surface area contributed by atoms with Gasteiger partial charge < -0.3 is 10.2 Å². The highest BCUT2D eigenvalue weighted by molar-refractivity contribution is 9.10. The topological polar surface area (TPSA) is 32.3 Å². The van der Waals surface area contributed by atoms with Crippen LogP contribution in [0, 0.1) is 0 Å². The van der Waals surface area contributed by atoms with E-state index in [-0.39, 0.29) is 5.91 Å². The van der Waals surface area contributed by atoms with Gasteiger partial charge in [-0.05, 0) is 29.8 Å². The van der Waals surface area contributed by atoms with Crippen molar-refractivity contribution in [1.82, 2.24) is 5.32 Å². The maximum Gasteiger partial charge on any atom is 0.253 e. The highest BCUT2D eigenvalue weighted by atomic mass is 79.9. The summed E-state index contributed by atoms with van der Waals surface area (Å²) in [5, 5.41) is 2.95. The van der Waals surface area contributed by atoms with Crippen LogP contribution in [0.2, 0.25) is 0 Å². The molecule has 0 heterocycles. The van der Waals surface area contributed by atoms with Gasteiger partial charge in [0.15, 0.2) is 0 Å². The standard InChI is InChI=1S/C16H17BrN2O/c1-19(2)15-9-4-3-8-14(15)16(20)18-11-12-6-5-7-13(17)10-12/h3-10H,11H2,1-2H3,(H,18,20). The predicted molar refractivity (Wildman–Crippen MR) is 86.1 cm³/mol. The molecule has 0 saturated heterocycles. The molecular weight excluding hydrogens is 316 g/mol. The third-order valence-corrected chi connectivity index (χ3v) is 3.47. The number of rotatable bonds is 4. The van der Waals surface area contributed by atoms with Crippen molar-refractivity contribution in [3.8, 4) is 0 Å². The van der Waals surface area contributed by atoms with Gasteiger partial charge in [-0.3, -0.25) is 4.79 Å². The predicted octanol–water partition coefficient (Wildman–Crippen LogP) is 3.45. The first kappa shape index (κ1) is 14.6. The molecule has 2 aromatic rings. The van der Waals surface area contributed by atoms with Crippen molar-refractivity contribution < 1.29 is 4.79 Å². The van der Waals surface area contributed by atoms with Crippen LogP contribution in [0.4, 0.5) is 5.69 Å². The molecule has 0 radical (unpaired) electrons. The van der Waals surface area contributed by atoms with Gasteiger partial charge in [0.25, 0.3) is 5.91 Å². The Labute approximate surface area is 127 Å². The molecule has 0 aromatic heterocycles.